The predicted molar refractivity (Wildman–Crippen MR) is 72.8 cm³/mol. The van der Waals surface area contributed by atoms with Crippen molar-refractivity contribution in [1.29, 1.82) is 0 Å². The first-order chi connectivity index (χ1) is 10.2. The quantitative estimate of drug-likeness (QED) is 0.822. The summed E-state index contributed by atoms with van der Waals surface area (Å²) in [4.78, 5) is 24.1. The second-order valence-electron chi connectivity index (χ2n) is 5.33. The monoisotopic (exact) mass is 286 g/mol. The number of hydrogen-bond acceptors (Lipinski definition) is 4. The molecule has 2 amide bonds. The molecule has 0 unspecified atom stereocenters. The molecule has 4 rings (SSSR count). The van der Waals surface area contributed by atoms with Crippen LogP contribution in [-0.2, 0) is 4.79 Å². The number of carbonyl (C=O) groups is 2. The fourth-order valence-corrected chi connectivity index (χ4v) is 3.09. The highest BCUT2D eigenvalue weighted by molar-refractivity contribution is 5.90. The van der Waals surface area contributed by atoms with Gasteiger partial charge in [-0.2, -0.15) is 0 Å². The zero-order chi connectivity index (χ0) is 14.4. The SMILES string of the molecule is O=C1NC2=CCCC(=O)[C@H]2[C@H](c2ccc3c(c2)OCO3)N1. The van der Waals surface area contributed by atoms with E-state index >= 15 is 0 Å². The van der Waals surface area contributed by atoms with Gasteiger partial charge in [0.15, 0.2) is 11.5 Å². The van der Waals surface area contributed by atoms with Crippen molar-refractivity contribution in [2.45, 2.75) is 18.9 Å². The molecule has 2 aliphatic heterocycles. The average molecular weight is 286 g/mol. The Morgan fingerprint density at radius 3 is 2.90 bits per heavy atom. The molecule has 6 nitrogen and oxygen atoms in total. The summed E-state index contributed by atoms with van der Waals surface area (Å²) in [6, 6.07) is 4.85. The molecular formula is C15H14N2O4. The van der Waals surface area contributed by atoms with Crippen molar-refractivity contribution >= 4 is 11.8 Å². The Morgan fingerprint density at radius 1 is 1.14 bits per heavy atom. The molecule has 0 spiro atoms. The van der Waals surface area contributed by atoms with E-state index in [9.17, 15) is 9.59 Å². The lowest BCUT2D eigenvalue weighted by Crippen LogP contribution is -2.51. The molecule has 1 aromatic carbocycles. The number of allylic oxidation sites excluding steroid dienone is 1. The van der Waals surface area contributed by atoms with E-state index in [0.29, 0.717) is 30.0 Å². The van der Waals surface area contributed by atoms with Crippen LogP contribution in [0.1, 0.15) is 24.4 Å². The van der Waals surface area contributed by atoms with Gasteiger partial charge < -0.3 is 20.1 Å². The second kappa shape index (κ2) is 4.51. The topological polar surface area (TPSA) is 76.7 Å². The summed E-state index contributed by atoms with van der Waals surface area (Å²) < 4.78 is 10.7. The Balaban J connectivity index is 1.75. The van der Waals surface area contributed by atoms with Crippen LogP contribution in [-0.4, -0.2) is 18.6 Å². The summed E-state index contributed by atoms with van der Waals surface area (Å²) in [7, 11) is 0. The third kappa shape index (κ3) is 1.94. The molecule has 2 atom stereocenters. The van der Waals surface area contributed by atoms with E-state index in [4.69, 9.17) is 9.47 Å². The van der Waals surface area contributed by atoms with Crippen LogP contribution < -0.4 is 20.1 Å². The van der Waals surface area contributed by atoms with Crippen LogP contribution in [0.25, 0.3) is 0 Å². The molecule has 1 saturated heterocycles. The van der Waals surface area contributed by atoms with Gasteiger partial charge in [-0.3, -0.25) is 4.79 Å². The average Bonchev–Trinajstić information content (AvgIpc) is 2.93. The lowest BCUT2D eigenvalue weighted by atomic mass is 9.80. The Labute approximate surface area is 121 Å². The maximum absolute atomic E-state index is 12.3. The van der Waals surface area contributed by atoms with Gasteiger partial charge in [0, 0.05) is 12.1 Å². The second-order valence-corrected chi connectivity index (χ2v) is 5.33. The van der Waals surface area contributed by atoms with Gasteiger partial charge in [-0.25, -0.2) is 4.79 Å². The molecule has 108 valence electrons. The molecule has 1 fully saturated rings. The van der Waals surface area contributed by atoms with E-state index in [1.54, 1.807) is 0 Å². The molecular weight excluding hydrogens is 272 g/mol. The van der Waals surface area contributed by atoms with Gasteiger partial charge >= 0.3 is 6.03 Å². The number of benzene rings is 1. The Kier molecular flexibility index (Phi) is 2.63. The molecule has 3 aliphatic rings. The minimum absolute atomic E-state index is 0.141. The van der Waals surface area contributed by atoms with Gasteiger partial charge in [0.1, 0.15) is 5.78 Å². The van der Waals surface area contributed by atoms with Gasteiger partial charge in [0.2, 0.25) is 6.79 Å². The van der Waals surface area contributed by atoms with E-state index in [-0.39, 0.29) is 30.6 Å². The zero-order valence-corrected chi connectivity index (χ0v) is 11.2. The van der Waals surface area contributed by atoms with Crippen molar-refractivity contribution in [2.24, 2.45) is 5.92 Å². The molecule has 2 N–H and O–H groups in total. The third-order valence-electron chi connectivity index (χ3n) is 4.07. The normalized spacial score (nSPS) is 26.6. The van der Waals surface area contributed by atoms with Crippen LogP contribution in [0.3, 0.4) is 0 Å². The number of ketones is 1. The highest BCUT2D eigenvalue weighted by Crippen LogP contribution is 2.39. The van der Waals surface area contributed by atoms with Crippen LogP contribution in [0.5, 0.6) is 11.5 Å². The molecule has 1 aliphatic carbocycles. The van der Waals surface area contributed by atoms with E-state index in [0.717, 1.165) is 5.56 Å². The smallest absolute Gasteiger partial charge is 0.319 e. The number of Topliss-reactive ketones (excluding diaryl/α,β-unsaturated/α-hetero) is 1. The highest BCUT2D eigenvalue weighted by atomic mass is 16.7. The third-order valence-corrected chi connectivity index (χ3v) is 4.07. The van der Waals surface area contributed by atoms with Crippen molar-refractivity contribution in [2.75, 3.05) is 6.79 Å². The summed E-state index contributed by atoms with van der Waals surface area (Å²) in [5.74, 6) is 1.12. The van der Waals surface area contributed by atoms with Gasteiger partial charge in [0.05, 0.1) is 12.0 Å². The van der Waals surface area contributed by atoms with E-state index in [2.05, 4.69) is 10.6 Å². The minimum atomic E-state index is -0.368. The van der Waals surface area contributed by atoms with Crippen LogP contribution in [0.4, 0.5) is 4.79 Å². The number of fused-ring (bicyclic) bond motifs is 2. The molecule has 6 heteroatoms. The first kappa shape index (κ1) is 12.3. The maximum atomic E-state index is 12.3. The van der Waals surface area contributed by atoms with E-state index < -0.39 is 0 Å². The largest absolute Gasteiger partial charge is 0.454 e. The van der Waals surface area contributed by atoms with Gasteiger partial charge in [-0.1, -0.05) is 12.1 Å². The van der Waals surface area contributed by atoms with Crippen molar-refractivity contribution in [3.8, 4) is 11.5 Å². The number of urea groups is 1. The Morgan fingerprint density at radius 2 is 2.00 bits per heavy atom. The van der Waals surface area contributed by atoms with Crippen molar-refractivity contribution in [3.63, 3.8) is 0 Å². The van der Waals surface area contributed by atoms with E-state index in [1.807, 2.05) is 24.3 Å². The maximum Gasteiger partial charge on any atom is 0.319 e. The fraction of sp³-hybridized carbons (Fsp3) is 0.333. The molecule has 0 radical (unpaired) electrons. The Bertz CT molecular complexity index is 668. The molecule has 0 aromatic heterocycles. The molecule has 21 heavy (non-hydrogen) atoms. The van der Waals surface area contributed by atoms with E-state index in [1.165, 1.54) is 0 Å². The standard InChI is InChI=1S/C15H14N2O4/c18-10-3-1-2-9-13(10)14(17-15(19)16-9)8-4-5-11-12(6-8)21-7-20-11/h2,4-6,13-14H,1,3,7H2,(H2,16,17,19)/t13-,14-/m0/s1. The number of hydrogen-bond donors (Lipinski definition) is 2. The van der Waals surface area contributed by atoms with Crippen molar-refractivity contribution in [3.05, 3.63) is 35.5 Å². The first-order valence-electron chi connectivity index (χ1n) is 6.92. The number of carbonyl (C=O) groups excluding carboxylic acids is 2. The summed E-state index contributed by atoms with van der Waals surface area (Å²) in [5, 5.41) is 5.58. The fourth-order valence-electron chi connectivity index (χ4n) is 3.09. The predicted octanol–water partition coefficient (Wildman–Crippen LogP) is 1.63. The van der Waals surface area contributed by atoms with Crippen LogP contribution in [0.15, 0.2) is 30.0 Å². The molecule has 0 saturated carbocycles. The first-order valence-corrected chi connectivity index (χ1v) is 6.92. The summed E-state index contributed by atoms with van der Waals surface area (Å²) >= 11 is 0. The zero-order valence-electron chi connectivity index (χ0n) is 11.2. The summed E-state index contributed by atoms with van der Waals surface area (Å²) in [6.45, 7) is 0.199. The van der Waals surface area contributed by atoms with Crippen molar-refractivity contribution < 1.29 is 19.1 Å². The van der Waals surface area contributed by atoms with Crippen molar-refractivity contribution in [1.82, 2.24) is 10.6 Å². The minimum Gasteiger partial charge on any atom is -0.454 e. The van der Waals surface area contributed by atoms with Gasteiger partial charge in [0.25, 0.3) is 0 Å². The van der Waals surface area contributed by atoms with Gasteiger partial charge in [-0.05, 0) is 24.1 Å². The van der Waals surface area contributed by atoms with Gasteiger partial charge in [-0.15, -0.1) is 0 Å². The number of rotatable bonds is 1. The Hall–Kier alpha value is -2.50. The molecule has 1 aromatic rings. The number of nitrogens with one attached hydrogen (secondary N) is 2. The number of ether oxygens (including phenoxy) is 2. The molecule has 2 heterocycles. The lowest BCUT2D eigenvalue weighted by molar-refractivity contribution is -0.123. The van der Waals surface area contributed by atoms with Crippen LogP contribution in [0, 0.1) is 5.92 Å². The van der Waals surface area contributed by atoms with Crippen LogP contribution in [0.2, 0.25) is 0 Å². The van der Waals surface area contributed by atoms with Crippen LogP contribution >= 0.6 is 0 Å². The number of amides is 2. The highest BCUT2D eigenvalue weighted by Gasteiger charge is 2.39. The lowest BCUT2D eigenvalue weighted by Gasteiger charge is -2.36. The summed E-state index contributed by atoms with van der Waals surface area (Å²) in [5.41, 5.74) is 1.55. The summed E-state index contributed by atoms with van der Waals surface area (Å²) in [6.07, 6.45) is 3.12. The molecule has 0 bridgehead atoms.